The maximum Gasteiger partial charge on any atom is 0.243 e. The van der Waals surface area contributed by atoms with Crippen LogP contribution in [0.1, 0.15) is 11.3 Å². The largest absolute Gasteiger partial charge is 0.497 e. The number of thiophene rings is 1. The second-order valence-electron chi connectivity index (χ2n) is 6.82. The zero-order chi connectivity index (χ0) is 21.6. The molecule has 0 radical (unpaired) electrons. The van der Waals surface area contributed by atoms with Crippen molar-refractivity contribution in [3.8, 4) is 5.75 Å². The van der Waals surface area contributed by atoms with Crippen molar-refractivity contribution in [1.82, 2.24) is 4.90 Å². The quantitative estimate of drug-likeness (QED) is 0.554. The van der Waals surface area contributed by atoms with Gasteiger partial charge in [-0.25, -0.2) is 4.99 Å². The molecule has 0 bridgehead atoms. The van der Waals surface area contributed by atoms with Gasteiger partial charge in [0, 0.05) is 17.0 Å². The predicted octanol–water partition coefficient (Wildman–Crippen LogP) is 4.92. The number of benzene rings is 2. The Labute approximate surface area is 188 Å². The topological polar surface area (TPSA) is 71.0 Å². The molecule has 158 valence electrons. The monoisotopic (exact) mass is 451 g/mol. The van der Waals surface area contributed by atoms with Crippen molar-refractivity contribution < 1.29 is 14.3 Å². The molecule has 2 amide bonds. The summed E-state index contributed by atoms with van der Waals surface area (Å²) in [6.45, 7) is 0.440. The lowest BCUT2D eigenvalue weighted by atomic mass is 10.2. The molecule has 1 N–H and O–H groups in total. The number of amides is 2. The van der Waals surface area contributed by atoms with Gasteiger partial charge in [0.05, 0.1) is 19.3 Å². The fourth-order valence-corrected chi connectivity index (χ4v) is 4.95. The second-order valence-corrected chi connectivity index (χ2v) is 9.02. The Morgan fingerprint density at radius 2 is 1.87 bits per heavy atom. The summed E-state index contributed by atoms with van der Waals surface area (Å²) < 4.78 is 5.20. The highest BCUT2D eigenvalue weighted by atomic mass is 32.2. The van der Waals surface area contributed by atoms with Crippen LogP contribution in [0, 0.1) is 0 Å². The molecule has 4 rings (SSSR count). The van der Waals surface area contributed by atoms with Gasteiger partial charge in [0.2, 0.25) is 11.8 Å². The lowest BCUT2D eigenvalue weighted by Crippen LogP contribution is -2.32. The van der Waals surface area contributed by atoms with Crippen LogP contribution in [0.25, 0.3) is 0 Å². The summed E-state index contributed by atoms with van der Waals surface area (Å²) in [7, 11) is 1.61. The summed E-state index contributed by atoms with van der Waals surface area (Å²) >= 11 is 2.92. The molecular weight excluding hydrogens is 430 g/mol. The minimum atomic E-state index is -0.513. The fraction of sp³-hybridized carbons (Fsp3) is 0.174. The van der Waals surface area contributed by atoms with E-state index in [-0.39, 0.29) is 18.2 Å². The minimum absolute atomic E-state index is 0.0843. The van der Waals surface area contributed by atoms with Gasteiger partial charge in [-0.15, -0.1) is 11.3 Å². The van der Waals surface area contributed by atoms with Gasteiger partial charge in [0.1, 0.15) is 11.0 Å². The molecule has 1 atom stereocenters. The predicted molar refractivity (Wildman–Crippen MR) is 126 cm³/mol. The Morgan fingerprint density at radius 1 is 1.10 bits per heavy atom. The van der Waals surface area contributed by atoms with Gasteiger partial charge in [-0.3, -0.25) is 14.5 Å². The van der Waals surface area contributed by atoms with Gasteiger partial charge in [0.25, 0.3) is 0 Å². The number of nitrogens with zero attached hydrogens (tertiary/aromatic N) is 2. The number of aliphatic imine (C=N–C) groups is 1. The van der Waals surface area contributed by atoms with Gasteiger partial charge >= 0.3 is 0 Å². The Bertz CT molecular complexity index is 1070. The van der Waals surface area contributed by atoms with E-state index in [4.69, 9.17) is 4.74 Å². The number of methoxy groups -OCH3 is 1. The molecule has 1 saturated heterocycles. The molecule has 0 spiro atoms. The van der Waals surface area contributed by atoms with E-state index in [1.54, 1.807) is 23.3 Å². The van der Waals surface area contributed by atoms with Gasteiger partial charge < -0.3 is 10.1 Å². The van der Waals surface area contributed by atoms with Crippen molar-refractivity contribution in [2.75, 3.05) is 12.4 Å². The minimum Gasteiger partial charge on any atom is -0.497 e. The Morgan fingerprint density at radius 3 is 2.55 bits per heavy atom. The molecule has 0 aliphatic carbocycles. The van der Waals surface area contributed by atoms with Crippen LogP contribution < -0.4 is 10.1 Å². The number of amidine groups is 1. The molecule has 6 nitrogen and oxygen atoms in total. The first-order chi connectivity index (χ1) is 15.1. The van der Waals surface area contributed by atoms with Crippen molar-refractivity contribution in [2.24, 2.45) is 4.99 Å². The molecule has 1 aromatic heterocycles. The number of hydrogen-bond donors (Lipinski definition) is 1. The molecule has 1 fully saturated rings. The molecular formula is C23H21N3O3S2. The number of nitrogens with one attached hydrogen (secondary N) is 1. The van der Waals surface area contributed by atoms with E-state index in [9.17, 15) is 9.59 Å². The molecule has 2 aromatic carbocycles. The highest BCUT2D eigenvalue weighted by molar-refractivity contribution is 8.15. The van der Waals surface area contributed by atoms with Crippen LogP contribution in [0.4, 0.5) is 11.4 Å². The first-order valence-electron chi connectivity index (χ1n) is 9.70. The molecule has 2 heterocycles. The van der Waals surface area contributed by atoms with Crippen LogP contribution in [-0.4, -0.2) is 34.2 Å². The maximum atomic E-state index is 13.1. The van der Waals surface area contributed by atoms with E-state index in [1.165, 1.54) is 11.8 Å². The van der Waals surface area contributed by atoms with Gasteiger partial charge in [-0.05, 0) is 47.8 Å². The third-order valence-electron chi connectivity index (χ3n) is 4.64. The third-order valence-corrected chi connectivity index (χ3v) is 6.68. The third kappa shape index (κ3) is 5.34. The number of carbonyl (C=O) groups excluding carboxylic acids is 2. The van der Waals surface area contributed by atoms with Gasteiger partial charge in [-0.2, -0.15) is 0 Å². The smallest absolute Gasteiger partial charge is 0.243 e. The maximum absolute atomic E-state index is 13.1. The van der Waals surface area contributed by atoms with Crippen LogP contribution in [0.2, 0.25) is 0 Å². The number of anilines is 1. The second kappa shape index (κ2) is 9.80. The summed E-state index contributed by atoms with van der Waals surface area (Å²) in [5.74, 6) is 0.442. The van der Waals surface area contributed by atoms with Crippen molar-refractivity contribution >= 4 is 51.5 Å². The molecule has 1 unspecified atom stereocenters. The molecule has 1 aliphatic rings. The van der Waals surface area contributed by atoms with E-state index < -0.39 is 5.25 Å². The molecule has 1 aliphatic heterocycles. The van der Waals surface area contributed by atoms with Crippen LogP contribution in [0.15, 0.2) is 77.1 Å². The number of hydrogen-bond acceptors (Lipinski definition) is 6. The van der Waals surface area contributed by atoms with E-state index in [2.05, 4.69) is 10.3 Å². The van der Waals surface area contributed by atoms with Crippen molar-refractivity contribution in [3.63, 3.8) is 0 Å². The summed E-state index contributed by atoms with van der Waals surface area (Å²) in [6, 6.07) is 20.5. The van der Waals surface area contributed by atoms with Gasteiger partial charge in [0.15, 0.2) is 5.17 Å². The van der Waals surface area contributed by atoms with Gasteiger partial charge in [-0.1, -0.05) is 36.0 Å². The highest BCUT2D eigenvalue weighted by Gasteiger charge is 2.39. The van der Waals surface area contributed by atoms with Crippen LogP contribution in [-0.2, 0) is 16.1 Å². The van der Waals surface area contributed by atoms with E-state index in [0.29, 0.717) is 17.4 Å². The summed E-state index contributed by atoms with van der Waals surface area (Å²) in [5.41, 5.74) is 1.44. The van der Waals surface area contributed by atoms with Crippen LogP contribution in [0.5, 0.6) is 5.75 Å². The molecule has 3 aromatic rings. The lowest BCUT2D eigenvalue weighted by molar-refractivity contribution is -0.128. The van der Waals surface area contributed by atoms with E-state index in [0.717, 1.165) is 16.3 Å². The number of carbonyl (C=O) groups is 2. The van der Waals surface area contributed by atoms with Crippen LogP contribution >= 0.6 is 23.1 Å². The average molecular weight is 452 g/mol. The molecule has 31 heavy (non-hydrogen) atoms. The first kappa shape index (κ1) is 21.1. The fourth-order valence-electron chi connectivity index (χ4n) is 3.10. The standard InChI is InChI=1S/C23H21N3O3S2/c1-29-18-11-9-17(10-12-18)25-23-26(15-19-8-5-13-30-19)22(28)20(31-23)14-21(27)24-16-6-3-2-4-7-16/h2-13,20H,14-15H2,1H3,(H,24,27). The number of para-hydroxylation sites is 1. The highest BCUT2D eigenvalue weighted by Crippen LogP contribution is 2.34. The zero-order valence-electron chi connectivity index (χ0n) is 16.9. The van der Waals surface area contributed by atoms with E-state index >= 15 is 0 Å². The summed E-state index contributed by atoms with van der Waals surface area (Å²) in [6.07, 6.45) is 0.0843. The van der Waals surface area contributed by atoms with Crippen LogP contribution in [0.3, 0.4) is 0 Å². The zero-order valence-corrected chi connectivity index (χ0v) is 18.5. The molecule has 0 saturated carbocycles. The number of ether oxygens (including phenoxy) is 1. The lowest BCUT2D eigenvalue weighted by Gasteiger charge is -2.15. The normalized spacial score (nSPS) is 17.2. The Kier molecular flexibility index (Phi) is 6.69. The SMILES string of the molecule is COc1ccc(N=C2SC(CC(=O)Nc3ccccc3)C(=O)N2Cc2cccs2)cc1. The van der Waals surface area contributed by atoms with Crippen molar-refractivity contribution in [1.29, 1.82) is 0 Å². The Hall–Kier alpha value is -3.10. The first-order valence-corrected chi connectivity index (χ1v) is 11.5. The summed E-state index contributed by atoms with van der Waals surface area (Å²) in [4.78, 5) is 33.1. The van der Waals surface area contributed by atoms with E-state index in [1.807, 2.05) is 72.1 Å². The Balaban J connectivity index is 1.53. The number of thioether (sulfide) groups is 1. The number of rotatable bonds is 7. The average Bonchev–Trinajstić information content (AvgIpc) is 3.39. The van der Waals surface area contributed by atoms with Crippen molar-refractivity contribution in [3.05, 3.63) is 77.0 Å². The summed E-state index contributed by atoms with van der Waals surface area (Å²) in [5, 5.41) is 4.92. The van der Waals surface area contributed by atoms with Crippen molar-refractivity contribution in [2.45, 2.75) is 18.2 Å². The molecule has 8 heteroatoms.